The van der Waals surface area contributed by atoms with E-state index in [1.54, 1.807) is 0 Å². The highest BCUT2D eigenvalue weighted by atomic mass is 16.7. The van der Waals surface area contributed by atoms with Gasteiger partial charge in [-0.15, -0.1) is 0 Å². The molecule has 9 nitrogen and oxygen atoms in total. The first kappa shape index (κ1) is 100. The van der Waals surface area contributed by atoms with Gasteiger partial charge < -0.3 is 28.5 Å². The van der Waals surface area contributed by atoms with Crippen molar-refractivity contribution in [3.63, 3.8) is 0 Å². The minimum atomic E-state index is -1.51. The van der Waals surface area contributed by atoms with E-state index in [-0.39, 0.29) is 38.2 Å². The summed E-state index contributed by atoms with van der Waals surface area (Å²) in [5, 5.41) is 9.80. The van der Waals surface area contributed by atoms with Gasteiger partial charge in [0, 0.05) is 12.8 Å². The number of quaternary nitrogens is 1. The second-order valence-electron chi connectivity index (χ2n) is 31.9. The van der Waals surface area contributed by atoms with E-state index in [4.69, 9.17) is 18.9 Å². The third kappa shape index (κ3) is 85.7. The molecule has 0 aliphatic heterocycles. The van der Waals surface area contributed by atoms with E-state index in [9.17, 15) is 19.5 Å². The Hall–Kier alpha value is -3.53. The fraction of sp³-hybridized carbons (Fsp3) is 0.821. The van der Waals surface area contributed by atoms with Gasteiger partial charge in [-0.1, -0.05) is 446 Å². The van der Waals surface area contributed by atoms with Gasteiger partial charge in [-0.3, -0.25) is 9.59 Å². The Morgan fingerprint density at radius 1 is 0.298 bits per heavy atom. The van der Waals surface area contributed by atoms with Gasteiger partial charge in [-0.25, -0.2) is 4.79 Å². The standard InChI is InChI=1S/C95H173NO8/c1-6-8-10-12-14-16-18-20-22-24-26-28-30-32-34-36-38-40-42-44-46-48-49-51-53-55-57-59-61-63-65-67-69-71-73-75-77-79-81-83-85-92(97)102-89-91(90-103-95(94(99)100)101-88-87-96(3,4)5)104-93(98)86-84-82-80-78-76-74-72-70-68-66-64-62-60-58-56-54-52-50-47-45-43-41-39-37-35-33-31-29-27-25-23-21-19-17-15-13-11-9-7-2/h9,11,15,17,21,23,27,29,33,35,39,41,45,47,91,95H,6-8,10,12-14,16,18-20,22,24-26,28,30-32,34,36-38,40,42-44,46,48-90H2,1-5H3/p+1/b11-9-,17-15-,23-21-,29-27-,35-33-,41-39-,47-45-. The molecule has 0 aromatic rings. The predicted molar refractivity (Wildman–Crippen MR) is 452 cm³/mol. The van der Waals surface area contributed by atoms with Crippen molar-refractivity contribution in [3.8, 4) is 0 Å². The monoisotopic (exact) mass is 1460 g/mol. The number of likely N-dealkylation sites (N-methyl/N-ethyl adjacent to an activating group) is 1. The summed E-state index contributed by atoms with van der Waals surface area (Å²) in [6.45, 7) is 4.84. The van der Waals surface area contributed by atoms with E-state index < -0.39 is 18.4 Å². The van der Waals surface area contributed by atoms with Crippen LogP contribution in [0.4, 0.5) is 0 Å². The summed E-state index contributed by atoms with van der Waals surface area (Å²) in [4.78, 5) is 37.8. The molecular formula is C95H174NO8+. The Balaban J connectivity index is 3.92. The molecule has 0 saturated carbocycles. The van der Waals surface area contributed by atoms with Crippen LogP contribution in [-0.4, -0.2) is 87.4 Å². The number of nitrogens with zero attached hydrogens (tertiary/aromatic N) is 1. The number of unbranched alkanes of at least 4 members (excludes halogenated alkanes) is 56. The maximum absolute atomic E-state index is 13.0. The number of ether oxygens (including phenoxy) is 4. The first-order chi connectivity index (χ1) is 51.1. The lowest BCUT2D eigenvalue weighted by Gasteiger charge is -2.25. The molecule has 0 saturated heterocycles. The number of carbonyl (C=O) groups excluding carboxylic acids is 2. The number of aliphatic carboxylic acids is 1. The van der Waals surface area contributed by atoms with E-state index in [1.165, 1.54) is 334 Å². The normalized spacial score (nSPS) is 13.0. The lowest BCUT2D eigenvalue weighted by atomic mass is 10.0. The first-order valence-corrected chi connectivity index (χ1v) is 45.3. The Morgan fingerprint density at radius 3 is 0.817 bits per heavy atom. The fourth-order valence-electron chi connectivity index (χ4n) is 13.6. The average molecular weight is 1460 g/mol. The summed E-state index contributed by atoms with van der Waals surface area (Å²) in [6.07, 6.45) is 115. The quantitative estimate of drug-likeness (QED) is 0.0211. The average Bonchev–Trinajstić information content (AvgIpc) is 1.13. The molecule has 606 valence electrons. The molecule has 0 bridgehead atoms. The number of allylic oxidation sites excluding steroid dienone is 14. The largest absolute Gasteiger partial charge is 0.477 e. The van der Waals surface area contributed by atoms with Crippen molar-refractivity contribution in [3.05, 3.63) is 85.1 Å². The van der Waals surface area contributed by atoms with Crippen LogP contribution in [0.1, 0.15) is 444 Å². The van der Waals surface area contributed by atoms with Crippen LogP contribution in [0.5, 0.6) is 0 Å². The van der Waals surface area contributed by atoms with E-state index >= 15 is 0 Å². The van der Waals surface area contributed by atoms with E-state index in [1.807, 2.05) is 21.1 Å². The Labute approximate surface area is 646 Å². The predicted octanol–water partition coefficient (Wildman–Crippen LogP) is 29.7. The fourth-order valence-corrected chi connectivity index (χ4v) is 13.6. The van der Waals surface area contributed by atoms with Gasteiger partial charge in [-0.05, 0) is 70.6 Å². The Bertz CT molecular complexity index is 2000. The minimum Gasteiger partial charge on any atom is -0.477 e. The Morgan fingerprint density at radius 2 is 0.548 bits per heavy atom. The van der Waals surface area contributed by atoms with Gasteiger partial charge in [0.05, 0.1) is 34.4 Å². The molecule has 0 spiro atoms. The lowest BCUT2D eigenvalue weighted by molar-refractivity contribution is -0.870. The number of hydrogen-bond donors (Lipinski definition) is 1. The van der Waals surface area contributed by atoms with Crippen LogP contribution < -0.4 is 0 Å². The van der Waals surface area contributed by atoms with Gasteiger partial charge in [0.25, 0.3) is 6.29 Å². The highest BCUT2D eigenvalue weighted by Crippen LogP contribution is 2.21. The topological polar surface area (TPSA) is 108 Å². The zero-order valence-electron chi connectivity index (χ0n) is 69.7. The number of esters is 2. The van der Waals surface area contributed by atoms with Crippen LogP contribution in [0.3, 0.4) is 0 Å². The molecule has 0 radical (unpaired) electrons. The summed E-state index contributed by atoms with van der Waals surface area (Å²) in [5.74, 6) is -1.98. The van der Waals surface area contributed by atoms with Crippen LogP contribution in [-0.2, 0) is 33.3 Å². The number of carboxylic acid groups (broad SMARTS) is 1. The SMILES string of the molecule is CC/C=C\C/C=C\C/C=C\C/C=C\C/C=C\C/C=C\C/C=C\CCCCCCCCCCCCCCCCCCCC(=O)OC(COC(=O)CCCCCCCCCCCCCCCCCCCCCCCCCCCCCCCCCCCCCCCCCC)COC(OCC[N+](C)(C)C)C(=O)O. The third-order valence-electron chi connectivity index (χ3n) is 20.4. The Kier molecular flexibility index (Phi) is 82.2. The molecule has 0 heterocycles. The van der Waals surface area contributed by atoms with Gasteiger partial charge in [-0.2, -0.15) is 0 Å². The third-order valence-corrected chi connectivity index (χ3v) is 20.4. The van der Waals surface area contributed by atoms with Gasteiger partial charge in [0.2, 0.25) is 0 Å². The molecule has 2 unspecified atom stereocenters. The maximum Gasteiger partial charge on any atom is 0.361 e. The molecule has 0 aliphatic carbocycles. The van der Waals surface area contributed by atoms with Gasteiger partial charge in [0.1, 0.15) is 13.2 Å². The summed E-state index contributed by atoms with van der Waals surface area (Å²) in [5.41, 5.74) is 0. The van der Waals surface area contributed by atoms with Crippen molar-refractivity contribution in [2.24, 2.45) is 0 Å². The number of carboxylic acids is 1. The molecular weight excluding hydrogens is 1280 g/mol. The van der Waals surface area contributed by atoms with Crippen molar-refractivity contribution in [1.82, 2.24) is 0 Å². The molecule has 0 aliphatic rings. The summed E-state index contributed by atoms with van der Waals surface area (Å²) in [6, 6.07) is 0. The van der Waals surface area contributed by atoms with Crippen LogP contribution in [0, 0.1) is 0 Å². The maximum atomic E-state index is 13.0. The zero-order chi connectivity index (χ0) is 75.3. The number of rotatable bonds is 85. The van der Waals surface area contributed by atoms with E-state index in [0.717, 1.165) is 83.5 Å². The smallest absolute Gasteiger partial charge is 0.361 e. The summed E-state index contributed by atoms with van der Waals surface area (Å²) < 4.78 is 23.1. The molecule has 0 amide bonds. The zero-order valence-corrected chi connectivity index (χ0v) is 69.7. The molecule has 104 heavy (non-hydrogen) atoms. The van der Waals surface area contributed by atoms with Crippen molar-refractivity contribution in [2.45, 2.75) is 456 Å². The lowest BCUT2D eigenvalue weighted by Crippen LogP contribution is -2.40. The van der Waals surface area contributed by atoms with Crippen molar-refractivity contribution < 1.29 is 42.9 Å². The molecule has 9 heteroatoms. The van der Waals surface area contributed by atoms with E-state index in [0.29, 0.717) is 17.4 Å². The van der Waals surface area contributed by atoms with Crippen LogP contribution in [0.2, 0.25) is 0 Å². The highest BCUT2D eigenvalue weighted by molar-refractivity contribution is 5.71. The van der Waals surface area contributed by atoms with Crippen molar-refractivity contribution in [2.75, 3.05) is 47.5 Å². The minimum absolute atomic E-state index is 0.178. The second kappa shape index (κ2) is 85.1. The van der Waals surface area contributed by atoms with Crippen LogP contribution in [0.15, 0.2) is 85.1 Å². The summed E-state index contributed by atoms with van der Waals surface area (Å²) in [7, 11) is 6.00. The molecule has 0 rings (SSSR count). The van der Waals surface area contributed by atoms with E-state index in [2.05, 4.69) is 98.9 Å². The van der Waals surface area contributed by atoms with Crippen molar-refractivity contribution >= 4 is 17.9 Å². The van der Waals surface area contributed by atoms with Gasteiger partial charge in [0.15, 0.2) is 6.10 Å². The molecule has 0 aromatic carbocycles. The van der Waals surface area contributed by atoms with Crippen molar-refractivity contribution in [1.29, 1.82) is 0 Å². The number of carbonyl (C=O) groups is 3. The van der Waals surface area contributed by atoms with Crippen LogP contribution in [0.25, 0.3) is 0 Å². The number of hydrogen-bond acceptors (Lipinski definition) is 7. The highest BCUT2D eigenvalue weighted by Gasteiger charge is 2.25. The second-order valence-corrected chi connectivity index (χ2v) is 31.9. The van der Waals surface area contributed by atoms with Gasteiger partial charge >= 0.3 is 17.9 Å². The molecule has 2 atom stereocenters. The van der Waals surface area contributed by atoms with Crippen LogP contribution >= 0.6 is 0 Å². The molecule has 1 N–H and O–H groups in total. The molecule has 0 fully saturated rings. The molecule has 0 aromatic heterocycles. The first-order valence-electron chi connectivity index (χ1n) is 45.3. The summed E-state index contributed by atoms with van der Waals surface area (Å²) >= 11 is 0.